The molecule has 0 aromatic carbocycles. The Morgan fingerprint density at radius 3 is 2.50 bits per heavy atom. The maximum absolute atomic E-state index is 11.6. The molecule has 0 unspecified atom stereocenters. The van der Waals surface area contributed by atoms with E-state index in [4.69, 9.17) is 34.8 Å². The van der Waals surface area contributed by atoms with Gasteiger partial charge in [0.2, 0.25) is 0 Å². The molecular weight excluding hydrogens is 332 g/mol. The monoisotopic (exact) mass is 339 g/mol. The Balaban J connectivity index is 2.66. The number of pyridine rings is 1. The highest BCUT2D eigenvalue weighted by Gasteiger charge is 2.19. The lowest BCUT2D eigenvalue weighted by atomic mass is 10.3. The van der Waals surface area contributed by atoms with Gasteiger partial charge in [-0.15, -0.1) is 0 Å². The highest BCUT2D eigenvalue weighted by atomic mass is 35.5. The molecule has 20 heavy (non-hydrogen) atoms. The van der Waals surface area contributed by atoms with E-state index < -0.39 is 24.5 Å². The standard InChI is InChI=1S/C10H8Cl3N3O4/c1-14-10(19)16-5(17)3-20-9(18)8-7(13)6(12)4(11)2-15-8/h2H,3H2,1H3,(H2,14,16,17,19). The number of amides is 3. The summed E-state index contributed by atoms with van der Waals surface area (Å²) >= 11 is 17.2. The number of hydrogen-bond acceptors (Lipinski definition) is 5. The van der Waals surface area contributed by atoms with Crippen LogP contribution in [0.3, 0.4) is 0 Å². The van der Waals surface area contributed by atoms with Crippen molar-refractivity contribution in [1.29, 1.82) is 0 Å². The largest absolute Gasteiger partial charge is 0.451 e. The second kappa shape index (κ2) is 7.28. The molecule has 0 aliphatic heterocycles. The molecule has 0 saturated heterocycles. The zero-order valence-electron chi connectivity index (χ0n) is 10.00. The normalized spacial score (nSPS) is 9.80. The van der Waals surface area contributed by atoms with Crippen LogP contribution in [0.2, 0.25) is 15.1 Å². The van der Waals surface area contributed by atoms with Gasteiger partial charge in [0.1, 0.15) is 0 Å². The molecule has 1 aromatic rings. The minimum absolute atomic E-state index is 0.0508. The van der Waals surface area contributed by atoms with E-state index in [0.29, 0.717) is 0 Å². The second-order valence-corrected chi connectivity index (χ2v) is 4.45. The molecule has 2 N–H and O–H groups in total. The number of hydrogen-bond donors (Lipinski definition) is 2. The van der Waals surface area contributed by atoms with Crippen molar-refractivity contribution in [3.63, 3.8) is 0 Å². The third-order valence-corrected chi connectivity index (χ3v) is 3.17. The summed E-state index contributed by atoms with van der Waals surface area (Å²) in [5.74, 6) is -1.78. The molecule has 0 atom stereocenters. The number of urea groups is 1. The second-order valence-electron chi connectivity index (χ2n) is 3.29. The van der Waals surface area contributed by atoms with E-state index in [1.807, 2.05) is 5.32 Å². The fourth-order valence-corrected chi connectivity index (χ4v) is 1.57. The Morgan fingerprint density at radius 2 is 1.90 bits per heavy atom. The maximum atomic E-state index is 11.6. The molecule has 7 nitrogen and oxygen atoms in total. The Kier molecular flexibility index (Phi) is 6.00. The van der Waals surface area contributed by atoms with Crippen LogP contribution in [0.25, 0.3) is 0 Å². The van der Waals surface area contributed by atoms with Gasteiger partial charge in [0, 0.05) is 13.2 Å². The predicted octanol–water partition coefficient (Wildman–Crippen LogP) is 1.65. The minimum atomic E-state index is -0.972. The molecule has 108 valence electrons. The highest BCUT2D eigenvalue weighted by Crippen LogP contribution is 2.31. The zero-order valence-corrected chi connectivity index (χ0v) is 12.3. The van der Waals surface area contributed by atoms with Crippen LogP contribution in [0.1, 0.15) is 10.5 Å². The molecular formula is C10H8Cl3N3O4. The summed E-state index contributed by atoms with van der Waals surface area (Å²) in [5.41, 5.74) is -0.284. The van der Waals surface area contributed by atoms with Gasteiger partial charge in [-0.2, -0.15) is 0 Å². The predicted molar refractivity (Wildman–Crippen MR) is 72.1 cm³/mol. The molecule has 0 radical (unpaired) electrons. The van der Waals surface area contributed by atoms with Crippen LogP contribution in [-0.4, -0.2) is 36.5 Å². The van der Waals surface area contributed by atoms with E-state index in [1.165, 1.54) is 7.05 Å². The summed E-state index contributed by atoms with van der Waals surface area (Å²) < 4.78 is 4.63. The van der Waals surface area contributed by atoms with E-state index in [9.17, 15) is 14.4 Å². The van der Waals surface area contributed by atoms with Crippen molar-refractivity contribution >= 4 is 52.7 Å². The van der Waals surface area contributed by atoms with Crippen LogP contribution in [-0.2, 0) is 9.53 Å². The Hall–Kier alpha value is -1.57. The summed E-state index contributed by atoms with van der Waals surface area (Å²) in [5, 5.41) is 3.91. The van der Waals surface area contributed by atoms with E-state index in [2.05, 4.69) is 15.0 Å². The molecule has 0 bridgehead atoms. The topological polar surface area (TPSA) is 97.4 Å². The first kappa shape index (κ1) is 16.5. The number of ether oxygens (including phenoxy) is 1. The summed E-state index contributed by atoms with van der Waals surface area (Å²) in [6.07, 6.45) is 1.12. The number of carbonyl (C=O) groups is 3. The molecule has 10 heteroatoms. The number of carbonyl (C=O) groups excluding carboxylic acids is 3. The Labute approximate surface area is 128 Å². The van der Waals surface area contributed by atoms with Crippen LogP contribution in [0.15, 0.2) is 6.20 Å². The Morgan fingerprint density at radius 1 is 1.25 bits per heavy atom. The quantitative estimate of drug-likeness (QED) is 0.816. The van der Waals surface area contributed by atoms with E-state index >= 15 is 0 Å². The molecule has 0 fully saturated rings. The van der Waals surface area contributed by atoms with Gasteiger partial charge in [0.25, 0.3) is 5.91 Å². The number of rotatable bonds is 3. The lowest BCUT2D eigenvalue weighted by Gasteiger charge is -2.07. The van der Waals surface area contributed by atoms with E-state index in [1.54, 1.807) is 0 Å². The lowest BCUT2D eigenvalue weighted by Crippen LogP contribution is -2.39. The maximum Gasteiger partial charge on any atom is 0.359 e. The van der Waals surface area contributed by atoms with Crippen molar-refractivity contribution in [3.05, 3.63) is 27.0 Å². The first-order valence-corrected chi connectivity index (χ1v) is 6.18. The van der Waals surface area contributed by atoms with Crippen molar-refractivity contribution in [2.45, 2.75) is 0 Å². The molecule has 0 saturated carbocycles. The van der Waals surface area contributed by atoms with Crippen molar-refractivity contribution in [1.82, 2.24) is 15.6 Å². The summed E-state index contributed by atoms with van der Waals surface area (Å²) in [4.78, 5) is 37.3. The van der Waals surface area contributed by atoms with Crippen molar-refractivity contribution in [3.8, 4) is 0 Å². The Bertz CT molecular complexity index is 565. The summed E-state index contributed by atoms with van der Waals surface area (Å²) in [6.45, 7) is -0.676. The summed E-state index contributed by atoms with van der Waals surface area (Å²) in [6, 6.07) is -0.725. The van der Waals surface area contributed by atoms with Crippen LogP contribution in [0.5, 0.6) is 0 Å². The van der Waals surface area contributed by atoms with Gasteiger partial charge in [-0.1, -0.05) is 34.8 Å². The van der Waals surface area contributed by atoms with Gasteiger partial charge in [-0.25, -0.2) is 14.6 Å². The van der Waals surface area contributed by atoms with Crippen molar-refractivity contribution in [2.75, 3.05) is 13.7 Å². The van der Waals surface area contributed by atoms with Gasteiger partial charge in [0.15, 0.2) is 12.3 Å². The van der Waals surface area contributed by atoms with E-state index in [-0.39, 0.29) is 20.8 Å². The first-order valence-electron chi connectivity index (χ1n) is 5.05. The fraction of sp³-hybridized carbons (Fsp3) is 0.200. The van der Waals surface area contributed by atoms with Crippen LogP contribution >= 0.6 is 34.8 Å². The minimum Gasteiger partial charge on any atom is -0.451 e. The van der Waals surface area contributed by atoms with Crippen LogP contribution in [0, 0.1) is 0 Å². The number of esters is 1. The van der Waals surface area contributed by atoms with Gasteiger partial charge in [0.05, 0.1) is 15.1 Å². The van der Waals surface area contributed by atoms with Crippen molar-refractivity contribution < 1.29 is 19.1 Å². The third kappa shape index (κ3) is 4.22. The average Bonchev–Trinajstić information content (AvgIpc) is 2.42. The number of imide groups is 1. The zero-order chi connectivity index (χ0) is 15.3. The molecule has 0 spiro atoms. The number of nitrogens with one attached hydrogen (secondary N) is 2. The molecule has 1 heterocycles. The number of halogens is 3. The van der Waals surface area contributed by atoms with Crippen LogP contribution in [0.4, 0.5) is 4.79 Å². The van der Waals surface area contributed by atoms with Gasteiger partial charge in [-0.05, 0) is 0 Å². The molecule has 1 rings (SSSR count). The number of aromatic nitrogens is 1. The first-order chi connectivity index (χ1) is 9.36. The number of nitrogens with zero attached hydrogens (tertiary/aromatic N) is 1. The smallest absolute Gasteiger partial charge is 0.359 e. The van der Waals surface area contributed by atoms with E-state index in [0.717, 1.165) is 6.20 Å². The SMILES string of the molecule is CNC(=O)NC(=O)COC(=O)c1ncc(Cl)c(Cl)c1Cl. The fourth-order valence-electron chi connectivity index (χ4n) is 1.01. The molecule has 3 amide bonds. The van der Waals surface area contributed by atoms with Gasteiger partial charge in [-0.3, -0.25) is 10.1 Å². The summed E-state index contributed by atoms with van der Waals surface area (Å²) in [7, 11) is 1.33. The molecule has 0 aliphatic rings. The average molecular weight is 341 g/mol. The lowest BCUT2D eigenvalue weighted by molar-refractivity contribution is -0.123. The third-order valence-electron chi connectivity index (χ3n) is 1.93. The molecule has 0 aliphatic carbocycles. The van der Waals surface area contributed by atoms with Gasteiger partial charge < -0.3 is 10.1 Å². The highest BCUT2D eigenvalue weighted by molar-refractivity contribution is 6.48. The molecule has 1 aromatic heterocycles. The van der Waals surface area contributed by atoms with Gasteiger partial charge >= 0.3 is 12.0 Å². The van der Waals surface area contributed by atoms with Crippen molar-refractivity contribution in [2.24, 2.45) is 0 Å². The van der Waals surface area contributed by atoms with Crippen LogP contribution < -0.4 is 10.6 Å².